The highest BCUT2D eigenvalue weighted by Crippen LogP contribution is 2.42. The molecule has 0 bridgehead atoms. The lowest BCUT2D eigenvalue weighted by Gasteiger charge is -2.17. The van der Waals surface area contributed by atoms with Crippen LogP contribution >= 0.6 is 0 Å². The summed E-state index contributed by atoms with van der Waals surface area (Å²) in [5.41, 5.74) is 2.03. The number of fused-ring (bicyclic) bond motifs is 1. The van der Waals surface area contributed by atoms with E-state index in [-0.39, 0.29) is 5.60 Å². The predicted octanol–water partition coefficient (Wildman–Crippen LogP) is 1.88. The predicted molar refractivity (Wildman–Crippen MR) is 79.8 cm³/mol. The summed E-state index contributed by atoms with van der Waals surface area (Å²) in [7, 11) is 1.60. The highest BCUT2D eigenvalue weighted by atomic mass is 16.5. The van der Waals surface area contributed by atoms with Crippen LogP contribution in [-0.2, 0) is 13.0 Å². The van der Waals surface area contributed by atoms with Gasteiger partial charge in [0.15, 0.2) is 11.5 Å². The third-order valence-corrected chi connectivity index (χ3v) is 3.58. The molecule has 0 fully saturated rings. The molecular weight excluding hydrogens is 284 g/mol. The Morgan fingerprint density at radius 1 is 1.50 bits per heavy atom. The molecule has 1 N–H and O–H groups in total. The van der Waals surface area contributed by atoms with Crippen molar-refractivity contribution in [1.82, 2.24) is 14.8 Å². The molecule has 0 radical (unpaired) electrons. The molecule has 1 aliphatic rings. The molecule has 0 aliphatic carbocycles. The van der Waals surface area contributed by atoms with Crippen LogP contribution in [0.3, 0.4) is 0 Å². The van der Waals surface area contributed by atoms with Crippen molar-refractivity contribution in [3.8, 4) is 11.5 Å². The summed E-state index contributed by atoms with van der Waals surface area (Å²) in [5, 5.41) is 16.8. The summed E-state index contributed by atoms with van der Waals surface area (Å²) in [4.78, 5) is 3.88. The third kappa shape index (κ3) is 2.61. The number of ether oxygens (including phenoxy) is 2. The van der Waals surface area contributed by atoms with E-state index in [1.807, 2.05) is 26.0 Å². The van der Waals surface area contributed by atoms with Crippen LogP contribution in [0.25, 0.3) is 0 Å². The molecule has 3 rings (SSSR count). The topological polar surface area (TPSA) is 81.8 Å². The Labute approximate surface area is 128 Å². The van der Waals surface area contributed by atoms with Crippen molar-refractivity contribution < 1.29 is 14.7 Å². The molecule has 0 amide bonds. The molecule has 0 atom stereocenters. The minimum absolute atomic E-state index is 0.267. The Morgan fingerprint density at radius 2 is 2.32 bits per heavy atom. The van der Waals surface area contributed by atoms with Gasteiger partial charge in [0, 0.05) is 17.5 Å². The van der Waals surface area contributed by atoms with Crippen molar-refractivity contribution in [1.29, 1.82) is 0 Å². The lowest BCUT2D eigenvalue weighted by molar-refractivity contribution is 0.134. The van der Waals surface area contributed by atoms with Gasteiger partial charge in [-0.05, 0) is 26.0 Å². The van der Waals surface area contributed by atoms with Gasteiger partial charge in [-0.1, -0.05) is 5.16 Å². The standard InChI is InChI=1S/C15H18N4O3/c1-15(2)6-11-4-10(5-13(21-3)14(11)22-15)12(18-20)7-19-9-16-8-17-19/h4-5,8-9,20H,6-7H2,1-3H3. The number of hydrogen-bond donors (Lipinski definition) is 1. The smallest absolute Gasteiger partial charge is 0.165 e. The minimum Gasteiger partial charge on any atom is -0.493 e. The molecule has 7 nitrogen and oxygen atoms in total. The quantitative estimate of drug-likeness (QED) is 0.530. The average Bonchev–Trinajstić information content (AvgIpc) is 3.08. The van der Waals surface area contributed by atoms with E-state index in [2.05, 4.69) is 15.2 Å². The van der Waals surface area contributed by atoms with E-state index in [9.17, 15) is 5.21 Å². The van der Waals surface area contributed by atoms with Gasteiger partial charge in [-0.2, -0.15) is 5.10 Å². The van der Waals surface area contributed by atoms with Gasteiger partial charge in [-0.3, -0.25) is 0 Å². The Bertz CT molecular complexity index is 708. The maximum Gasteiger partial charge on any atom is 0.165 e. The number of hydrogen-bond acceptors (Lipinski definition) is 6. The summed E-state index contributed by atoms with van der Waals surface area (Å²) in [6.07, 6.45) is 3.78. The number of nitrogens with zero attached hydrogens (tertiary/aromatic N) is 4. The fourth-order valence-electron chi connectivity index (χ4n) is 2.64. The van der Waals surface area contributed by atoms with Gasteiger partial charge in [0.1, 0.15) is 24.0 Å². The van der Waals surface area contributed by atoms with Crippen LogP contribution < -0.4 is 9.47 Å². The molecule has 2 heterocycles. The molecule has 0 saturated carbocycles. The number of aromatic nitrogens is 3. The summed E-state index contributed by atoms with van der Waals surface area (Å²) >= 11 is 0. The van der Waals surface area contributed by atoms with Gasteiger partial charge in [0.25, 0.3) is 0 Å². The van der Waals surface area contributed by atoms with Crippen LogP contribution in [0.1, 0.15) is 25.0 Å². The summed E-state index contributed by atoms with van der Waals surface area (Å²) in [5.74, 6) is 1.40. The first kappa shape index (κ1) is 14.4. The fraction of sp³-hybridized carbons (Fsp3) is 0.400. The van der Waals surface area contributed by atoms with Gasteiger partial charge < -0.3 is 14.7 Å². The molecule has 1 aliphatic heterocycles. The molecule has 0 saturated heterocycles. The highest BCUT2D eigenvalue weighted by Gasteiger charge is 2.33. The molecule has 7 heteroatoms. The van der Waals surface area contributed by atoms with Crippen LogP contribution in [0.4, 0.5) is 0 Å². The summed E-state index contributed by atoms with van der Waals surface area (Å²) in [6, 6.07) is 3.78. The van der Waals surface area contributed by atoms with Crippen LogP contribution in [0.2, 0.25) is 0 Å². The van der Waals surface area contributed by atoms with Crippen molar-refractivity contribution in [3.05, 3.63) is 35.9 Å². The second kappa shape index (κ2) is 5.32. The van der Waals surface area contributed by atoms with Crippen LogP contribution in [0.5, 0.6) is 11.5 Å². The number of oxime groups is 1. The van der Waals surface area contributed by atoms with E-state index in [0.717, 1.165) is 23.3 Å². The number of rotatable bonds is 4. The van der Waals surface area contributed by atoms with Crippen molar-refractivity contribution in [2.24, 2.45) is 5.16 Å². The van der Waals surface area contributed by atoms with Crippen molar-refractivity contribution in [3.63, 3.8) is 0 Å². The van der Waals surface area contributed by atoms with E-state index >= 15 is 0 Å². The summed E-state index contributed by atoms with van der Waals surface area (Å²) in [6.45, 7) is 4.38. The second-order valence-corrected chi connectivity index (χ2v) is 5.85. The molecular formula is C15H18N4O3. The first-order valence-corrected chi connectivity index (χ1v) is 6.96. The van der Waals surface area contributed by atoms with Crippen molar-refractivity contribution in [2.75, 3.05) is 7.11 Å². The Morgan fingerprint density at radius 3 is 2.95 bits per heavy atom. The molecule has 2 aromatic rings. The van der Waals surface area contributed by atoms with Gasteiger partial charge >= 0.3 is 0 Å². The van der Waals surface area contributed by atoms with Crippen LogP contribution in [0, 0.1) is 0 Å². The van der Waals surface area contributed by atoms with E-state index in [1.54, 1.807) is 18.1 Å². The van der Waals surface area contributed by atoms with E-state index < -0.39 is 0 Å². The zero-order valence-electron chi connectivity index (χ0n) is 12.8. The van der Waals surface area contributed by atoms with Gasteiger partial charge in [-0.25, -0.2) is 9.67 Å². The van der Waals surface area contributed by atoms with E-state index in [1.165, 1.54) is 6.33 Å². The third-order valence-electron chi connectivity index (χ3n) is 3.58. The average molecular weight is 302 g/mol. The van der Waals surface area contributed by atoms with Crippen molar-refractivity contribution in [2.45, 2.75) is 32.4 Å². The zero-order chi connectivity index (χ0) is 15.7. The lowest BCUT2D eigenvalue weighted by atomic mass is 9.98. The Balaban J connectivity index is 1.98. The number of benzene rings is 1. The van der Waals surface area contributed by atoms with Crippen LogP contribution in [-0.4, -0.2) is 38.4 Å². The molecule has 0 unspecified atom stereocenters. The van der Waals surface area contributed by atoms with Gasteiger partial charge in [0.05, 0.1) is 13.7 Å². The van der Waals surface area contributed by atoms with E-state index in [4.69, 9.17) is 9.47 Å². The summed E-state index contributed by atoms with van der Waals surface area (Å²) < 4.78 is 13.0. The second-order valence-electron chi connectivity index (χ2n) is 5.85. The molecule has 116 valence electrons. The monoisotopic (exact) mass is 302 g/mol. The lowest BCUT2D eigenvalue weighted by Crippen LogP contribution is -2.24. The first-order chi connectivity index (χ1) is 10.5. The minimum atomic E-state index is -0.267. The maximum absolute atomic E-state index is 9.35. The first-order valence-electron chi connectivity index (χ1n) is 6.96. The molecule has 1 aromatic carbocycles. The van der Waals surface area contributed by atoms with E-state index in [0.29, 0.717) is 18.0 Å². The molecule has 0 spiro atoms. The SMILES string of the molecule is COc1cc(C(Cn2cncn2)=NO)cc2c1OC(C)(C)C2. The maximum atomic E-state index is 9.35. The van der Waals surface area contributed by atoms with Gasteiger partial charge in [0.2, 0.25) is 0 Å². The van der Waals surface area contributed by atoms with Gasteiger partial charge in [-0.15, -0.1) is 0 Å². The Kier molecular flexibility index (Phi) is 3.48. The Hall–Kier alpha value is -2.57. The van der Waals surface area contributed by atoms with Crippen LogP contribution in [0.15, 0.2) is 29.9 Å². The number of methoxy groups -OCH3 is 1. The highest BCUT2D eigenvalue weighted by molar-refractivity contribution is 6.00. The largest absolute Gasteiger partial charge is 0.493 e. The molecule has 22 heavy (non-hydrogen) atoms. The normalized spacial score (nSPS) is 16.2. The van der Waals surface area contributed by atoms with Crippen molar-refractivity contribution >= 4 is 5.71 Å². The molecule has 1 aromatic heterocycles. The zero-order valence-corrected chi connectivity index (χ0v) is 12.8. The fourth-order valence-corrected chi connectivity index (χ4v) is 2.64.